The van der Waals surface area contributed by atoms with Crippen LogP contribution in [0.5, 0.6) is 0 Å². The summed E-state index contributed by atoms with van der Waals surface area (Å²) in [5.74, 6) is -2.80. The van der Waals surface area contributed by atoms with Crippen LogP contribution in [-0.2, 0) is 4.79 Å². The fraction of sp³-hybridized carbons (Fsp3) is 0.944. The third kappa shape index (κ3) is 17.5. The second-order valence-corrected chi connectivity index (χ2v) is 2.31. The zero-order valence-corrected chi connectivity index (χ0v) is 9.86. The summed E-state index contributed by atoms with van der Waals surface area (Å²) in [5.41, 5.74) is 0. The molecule has 0 amide bonds. The first kappa shape index (κ1) is 2.32. The Hall–Kier alpha value is -0.530. The third-order valence-electron chi connectivity index (χ3n) is 1.04. The van der Waals surface area contributed by atoms with Crippen LogP contribution in [0.4, 0.5) is 0 Å². The van der Waals surface area contributed by atoms with Crippen LogP contribution in [0.15, 0.2) is 0 Å². The number of carboxylic acids is 1. The molecule has 0 atom stereocenters. The summed E-state index contributed by atoms with van der Waals surface area (Å²) in [6.07, 6.45) is -79.8. The maximum atomic E-state index is 11.4. The molecule has 0 bridgehead atoms. The van der Waals surface area contributed by atoms with Gasteiger partial charge in [0, 0.05) is 54.3 Å². The van der Waals surface area contributed by atoms with Crippen LogP contribution >= 0.6 is 0 Å². The predicted octanol–water partition coefficient (Wildman–Crippen LogP) is 6.33. The van der Waals surface area contributed by atoms with Gasteiger partial charge >= 0.3 is 5.97 Å². The molecule has 0 aromatic carbocycles. The summed E-state index contributed by atoms with van der Waals surface area (Å²) >= 11 is 0. The second-order valence-electron chi connectivity index (χ2n) is 2.31. The monoisotopic (exact) mass is 319 g/mol. The molecule has 2 nitrogen and oxygen atoms in total. The molecule has 0 aliphatic carbocycles. The highest BCUT2D eigenvalue weighted by molar-refractivity contribution is 5.66. The Kier molecular flexibility index (Phi) is 1.92. The summed E-state index contributed by atoms with van der Waals surface area (Å²) in [6, 6.07) is 0. The minimum Gasteiger partial charge on any atom is -0.481 e. The smallest absolute Gasteiger partial charge is 0.303 e. The molecule has 0 fully saturated rings. The summed E-state index contributed by atoms with van der Waals surface area (Å²) in [6.45, 7) is -4.15. The molecule has 0 spiro atoms. The van der Waals surface area contributed by atoms with Gasteiger partial charge in [0.05, 0.1) is 0 Å². The summed E-state index contributed by atoms with van der Waals surface area (Å²) in [7, 11) is 0. The molecule has 0 radical (unpaired) electrons. The largest absolute Gasteiger partial charge is 0.481 e. The summed E-state index contributed by atoms with van der Waals surface area (Å²) in [5, 5.41) is 9.08. The Morgan fingerprint density at radius 3 is 1.45 bits per heavy atom. The molecule has 0 saturated carbocycles. The predicted molar refractivity (Wildman–Crippen MR) is 87.2 cm³/mol. The molecule has 120 valence electrons. The van der Waals surface area contributed by atoms with Crippen LogP contribution in [0, 0.1) is 0 Å². The van der Waals surface area contributed by atoms with Gasteiger partial charge in [0.2, 0.25) is 0 Å². The minimum absolute atomic E-state index is 2.80. The van der Waals surface area contributed by atoms with Crippen molar-refractivity contribution in [1.82, 2.24) is 0 Å². The highest BCUT2D eigenvalue weighted by Gasteiger charge is 1.97. The lowest BCUT2D eigenvalue weighted by Crippen LogP contribution is -1.93. The van der Waals surface area contributed by atoms with E-state index in [2.05, 4.69) is 0 Å². The molecule has 0 aliphatic heterocycles. The van der Waals surface area contributed by atoms with Crippen molar-refractivity contribution in [3.63, 3.8) is 0 Å². The van der Waals surface area contributed by atoms with E-state index in [9.17, 15) is 4.79 Å². The molecule has 0 aliphatic rings. The van der Waals surface area contributed by atoms with E-state index in [-0.39, 0.29) is 0 Å². The lowest BCUT2D eigenvalue weighted by atomic mass is 10.0. The zero-order valence-electron chi connectivity index (χ0n) is 44.9. The van der Waals surface area contributed by atoms with E-state index in [4.69, 9.17) is 53.1 Å². The lowest BCUT2D eigenvalue weighted by Gasteiger charge is -2.03. The molecule has 0 rings (SSSR count). The van der Waals surface area contributed by atoms with Crippen LogP contribution in [0.3, 0.4) is 0 Å². The Balaban J connectivity index is 7.83. The van der Waals surface area contributed by atoms with Crippen molar-refractivity contribution in [2.45, 2.75) is 109 Å². The molecule has 0 saturated heterocycles. The van der Waals surface area contributed by atoms with Gasteiger partial charge in [0.25, 0.3) is 0 Å². The Morgan fingerprint density at radius 1 is 0.750 bits per heavy atom. The second kappa shape index (κ2) is 16.5. The first-order chi connectivity index (χ1) is 22.9. The van der Waals surface area contributed by atoms with Gasteiger partial charge in [-0.05, 0) is 6.37 Å². The standard InChI is InChI=1S/C18H36O2/c1-2-3-4-5-6-7-8-9-10-11-12-13-14-15-16-17-18(19)20/h2-17H2,1H3,(H,19,20)/i1D3,2D2,3D2,4D2,5D2,6D2,7D2,8D2,9D2,10D2,11D2,12D2,13D2,14D2,15D2,16D2,17D2. The van der Waals surface area contributed by atoms with Crippen molar-refractivity contribution in [3.8, 4) is 0 Å². The maximum Gasteiger partial charge on any atom is 0.303 e. The molecule has 0 aromatic heterocycles. The fourth-order valence-electron chi connectivity index (χ4n) is 0.491. The molecule has 2 heteroatoms. The number of hydrogen-bond acceptors (Lipinski definition) is 1. The Labute approximate surface area is 175 Å². The van der Waals surface area contributed by atoms with E-state index in [1.54, 1.807) is 0 Å². The summed E-state index contributed by atoms with van der Waals surface area (Å²) < 4.78 is 277. The molecule has 0 unspecified atom stereocenters. The van der Waals surface area contributed by atoms with Crippen molar-refractivity contribution < 1.29 is 57.9 Å². The first-order valence-electron chi connectivity index (χ1n) is 22.2. The van der Waals surface area contributed by atoms with Crippen molar-refractivity contribution in [3.05, 3.63) is 0 Å². The normalized spacial score (nSPS) is 48.9. The molecular weight excluding hydrogens is 248 g/mol. The van der Waals surface area contributed by atoms with Crippen LogP contribution in [-0.4, -0.2) is 11.1 Å². The molecular formula is C18H36O2. The van der Waals surface area contributed by atoms with Crippen LogP contribution in [0.2, 0.25) is 0 Å². The van der Waals surface area contributed by atoms with Crippen molar-refractivity contribution in [2.24, 2.45) is 0 Å². The third-order valence-corrected chi connectivity index (χ3v) is 1.04. The van der Waals surface area contributed by atoms with E-state index < -0.39 is 115 Å². The highest BCUT2D eigenvalue weighted by Crippen LogP contribution is 2.13. The Bertz CT molecular complexity index is 1440. The van der Waals surface area contributed by atoms with Gasteiger partial charge in [-0.2, -0.15) is 0 Å². The topological polar surface area (TPSA) is 37.3 Å². The number of carbonyl (C=O) groups is 1. The van der Waals surface area contributed by atoms with Gasteiger partial charge in [0.15, 0.2) is 0 Å². The van der Waals surface area contributed by atoms with Gasteiger partial charge in [-0.1, -0.05) is 96.1 Å². The van der Waals surface area contributed by atoms with Crippen LogP contribution in [0.1, 0.15) is 157 Å². The quantitative estimate of drug-likeness (QED) is 0.361. The maximum absolute atomic E-state index is 11.4. The molecule has 0 aromatic rings. The van der Waals surface area contributed by atoms with Gasteiger partial charge < -0.3 is 5.11 Å². The fourth-order valence-corrected chi connectivity index (χ4v) is 0.491. The van der Waals surface area contributed by atoms with Gasteiger partial charge in [-0.15, -0.1) is 0 Å². The van der Waals surface area contributed by atoms with Crippen molar-refractivity contribution >= 4 is 5.97 Å². The molecule has 1 N–H and O–H groups in total. The van der Waals surface area contributed by atoms with E-state index in [0.717, 1.165) is 0 Å². The number of carboxylic acid groups (broad SMARTS) is 1. The zero-order chi connectivity index (χ0) is 46.1. The van der Waals surface area contributed by atoms with Gasteiger partial charge in [0.1, 0.15) is 0 Å². The highest BCUT2D eigenvalue weighted by atomic mass is 16.4. The SMILES string of the molecule is [2H]C([2H])([2H])C([2H])([2H])C([2H])([2H])C([2H])([2H])C([2H])([2H])C([2H])([2H])C([2H])([2H])C([2H])([2H])C([2H])([2H])C([2H])([2H])C([2H])([2H])C([2H])([2H])C([2H])([2H])C([2H])([2H])C([2H])([2H])C([2H])([2H])C([2H])([2H])C(=O)O. The van der Waals surface area contributed by atoms with Gasteiger partial charge in [-0.3, -0.25) is 4.79 Å². The van der Waals surface area contributed by atoms with E-state index in [0.29, 0.717) is 0 Å². The van der Waals surface area contributed by atoms with Crippen LogP contribution in [0.25, 0.3) is 0 Å². The van der Waals surface area contributed by atoms with E-state index >= 15 is 0 Å². The first-order valence-corrected chi connectivity index (χ1v) is 4.68. The number of aliphatic carboxylic acids is 1. The molecule has 20 heavy (non-hydrogen) atoms. The molecule has 0 heterocycles. The Morgan fingerprint density at radius 2 is 1.10 bits per heavy atom. The van der Waals surface area contributed by atoms with Crippen molar-refractivity contribution in [2.75, 3.05) is 0 Å². The average molecular weight is 320 g/mol. The minimum atomic E-state index is -5.25. The summed E-state index contributed by atoms with van der Waals surface area (Å²) in [4.78, 5) is 11.4. The van der Waals surface area contributed by atoms with E-state index in [1.165, 1.54) is 0 Å². The number of rotatable bonds is 16. The lowest BCUT2D eigenvalue weighted by molar-refractivity contribution is -0.137. The van der Waals surface area contributed by atoms with Crippen LogP contribution < -0.4 is 0 Å². The van der Waals surface area contributed by atoms with E-state index in [1.807, 2.05) is 0 Å². The van der Waals surface area contributed by atoms with Gasteiger partial charge in [-0.25, -0.2) is 0 Å². The average Bonchev–Trinajstić information content (AvgIpc) is 2.94. The van der Waals surface area contributed by atoms with Crippen molar-refractivity contribution in [1.29, 1.82) is 0 Å². The number of hydrogen-bond donors (Lipinski definition) is 1.